The third-order valence-corrected chi connectivity index (χ3v) is 5.00. The maximum absolute atomic E-state index is 12.7. The van der Waals surface area contributed by atoms with Gasteiger partial charge in [-0.15, -0.1) is 0 Å². The van der Waals surface area contributed by atoms with Gasteiger partial charge in [-0.1, -0.05) is 18.2 Å². The first-order chi connectivity index (χ1) is 14.6. The van der Waals surface area contributed by atoms with E-state index in [9.17, 15) is 9.59 Å². The van der Waals surface area contributed by atoms with E-state index in [2.05, 4.69) is 11.1 Å². The van der Waals surface area contributed by atoms with Crippen LogP contribution in [0.15, 0.2) is 54.6 Å². The number of likely N-dealkylation sites (tertiary alicyclic amines) is 1. The van der Waals surface area contributed by atoms with Crippen LogP contribution in [-0.2, 0) is 9.59 Å². The highest BCUT2D eigenvalue weighted by Crippen LogP contribution is 2.29. The quantitative estimate of drug-likeness (QED) is 0.436. The molecule has 1 fully saturated rings. The lowest BCUT2D eigenvalue weighted by Gasteiger charge is -2.32. The van der Waals surface area contributed by atoms with Gasteiger partial charge in [-0.05, 0) is 54.8 Å². The van der Waals surface area contributed by atoms with Crippen molar-refractivity contribution in [3.8, 4) is 5.75 Å². The first-order valence-corrected chi connectivity index (χ1v) is 9.79. The molecule has 1 aliphatic heterocycles. The van der Waals surface area contributed by atoms with Crippen LogP contribution in [0.2, 0.25) is 0 Å². The van der Waals surface area contributed by atoms with Gasteiger partial charge in [-0.2, -0.15) is 0 Å². The second-order valence-corrected chi connectivity index (χ2v) is 7.03. The van der Waals surface area contributed by atoms with E-state index >= 15 is 0 Å². The van der Waals surface area contributed by atoms with Crippen molar-refractivity contribution in [1.29, 1.82) is 0 Å². The van der Waals surface area contributed by atoms with E-state index < -0.39 is 5.91 Å². The summed E-state index contributed by atoms with van der Waals surface area (Å²) >= 11 is 0. The molecule has 3 rings (SSSR count). The Hall–Kier alpha value is -3.45. The molecule has 2 heterocycles. The van der Waals surface area contributed by atoms with Crippen LogP contribution in [0.3, 0.4) is 0 Å². The zero-order chi connectivity index (χ0) is 21.3. The first-order valence-electron chi connectivity index (χ1n) is 9.79. The average molecular weight is 407 g/mol. The van der Waals surface area contributed by atoms with E-state index in [1.54, 1.807) is 31.4 Å². The number of hydrogen-bond acceptors (Lipinski definition) is 5. The van der Waals surface area contributed by atoms with E-state index in [0.717, 1.165) is 25.1 Å². The Balaban J connectivity index is 1.64. The number of methoxy groups -OCH3 is 1. The maximum Gasteiger partial charge on any atom is 0.267 e. The van der Waals surface area contributed by atoms with Crippen LogP contribution >= 0.6 is 0 Å². The fourth-order valence-electron chi connectivity index (χ4n) is 3.46. The topological polar surface area (TPSA) is 91.8 Å². The maximum atomic E-state index is 12.7. The molecule has 1 atom stereocenters. The molecule has 1 aromatic carbocycles. The molecule has 30 heavy (non-hydrogen) atoms. The van der Waals surface area contributed by atoms with E-state index in [1.807, 2.05) is 23.1 Å². The largest absolute Gasteiger partial charge is 0.497 e. The van der Waals surface area contributed by atoms with Gasteiger partial charge >= 0.3 is 0 Å². The van der Waals surface area contributed by atoms with Crippen LogP contribution in [0, 0.1) is 0 Å². The molecule has 2 amide bonds. The van der Waals surface area contributed by atoms with Crippen LogP contribution in [0.5, 0.6) is 5.75 Å². The number of pyridine rings is 1. The Labute approximate surface area is 175 Å². The van der Waals surface area contributed by atoms with Crippen molar-refractivity contribution in [2.45, 2.75) is 18.8 Å². The summed E-state index contributed by atoms with van der Waals surface area (Å²) < 4.78 is 5.32. The molecule has 1 saturated heterocycles. The van der Waals surface area contributed by atoms with Crippen molar-refractivity contribution in [3.63, 3.8) is 0 Å². The van der Waals surface area contributed by atoms with Crippen molar-refractivity contribution < 1.29 is 19.5 Å². The summed E-state index contributed by atoms with van der Waals surface area (Å²) in [7, 11) is 1.65. The van der Waals surface area contributed by atoms with Gasteiger partial charge in [0.25, 0.3) is 5.91 Å². The predicted octanol–water partition coefficient (Wildman–Crippen LogP) is 3.03. The molecule has 2 N–H and O–H groups in total. The predicted molar refractivity (Wildman–Crippen MR) is 114 cm³/mol. The number of nitrogens with one attached hydrogen (secondary N) is 1. The first kappa shape index (κ1) is 21.3. The third kappa shape index (κ3) is 5.78. The second kappa shape index (κ2) is 10.4. The molecule has 0 aliphatic carbocycles. The number of hydrogen-bond donors (Lipinski definition) is 2. The van der Waals surface area contributed by atoms with Crippen molar-refractivity contribution >= 4 is 24.0 Å². The molecular weight excluding hydrogens is 382 g/mol. The number of carbonyl (C=O) groups excluding carboxylic acids is 2. The van der Waals surface area contributed by atoms with Crippen molar-refractivity contribution in [1.82, 2.24) is 15.4 Å². The van der Waals surface area contributed by atoms with Gasteiger partial charge < -0.3 is 9.64 Å². The number of benzene rings is 1. The Morgan fingerprint density at radius 3 is 2.63 bits per heavy atom. The minimum Gasteiger partial charge on any atom is -0.497 e. The lowest BCUT2D eigenvalue weighted by atomic mass is 9.90. The zero-order valence-corrected chi connectivity index (χ0v) is 16.8. The van der Waals surface area contributed by atoms with E-state index in [0.29, 0.717) is 17.9 Å². The molecule has 1 aliphatic rings. The van der Waals surface area contributed by atoms with Crippen LogP contribution in [0.25, 0.3) is 12.2 Å². The SMILES string of the molecule is COc1cccc(C2CCCN(C(=O)/C=C/c3cccc(/C=C/C(=O)NO)n3)C2)c1. The van der Waals surface area contributed by atoms with Crippen LogP contribution in [0.1, 0.15) is 35.7 Å². The molecule has 0 saturated carbocycles. The van der Waals surface area contributed by atoms with Gasteiger partial charge in [-0.25, -0.2) is 10.5 Å². The lowest BCUT2D eigenvalue weighted by molar-refractivity contribution is -0.127. The van der Waals surface area contributed by atoms with Gasteiger partial charge in [0.15, 0.2) is 0 Å². The number of hydroxylamine groups is 1. The molecule has 0 bridgehead atoms. The molecule has 7 nitrogen and oxygen atoms in total. The highest BCUT2D eigenvalue weighted by atomic mass is 16.5. The van der Waals surface area contributed by atoms with Crippen molar-refractivity contribution in [2.75, 3.05) is 20.2 Å². The third-order valence-electron chi connectivity index (χ3n) is 5.00. The fourth-order valence-corrected chi connectivity index (χ4v) is 3.46. The number of ether oxygens (including phenoxy) is 1. The number of carbonyl (C=O) groups is 2. The summed E-state index contributed by atoms with van der Waals surface area (Å²) in [5, 5.41) is 8.52. The van der Waals surface area contributed by atoms with Crippen molar-refractivity contribution in [2.24, 2.45) is 0 Å². The Kier molecular flexibility index (Phi) is 7.34. The van der Waals surface area contributed by atoms with E-state index in [4.69, 9.17) is 9.94 Å². The number of piperidine rings is 1. The van der Waals surface area contributed by atoms with Gasteiger partial charge in [0, 0.05) is 31.2 Å². The summed E-state index contributed by atoms with van der Waals surface area (Å²) in [4.78, 5) is 30.0. The van der Waals surface area contributed by atoms with E-state index in [-0.39, 0.29) is 11.8 Å². The number of nitrogens with zero attached hydrogens (tertiary/aromatic N) is 2. The average Bonchev–Trinajstić information content (AvgIpc) is 2.81. The minimum atomic E-state index is -0.636. The monoisotopic (exact) mass is 407 g/mol. The van der Waals surface area contributed by atoms with Gasteiger partial charge in [0.1, 0.15) is 5.75 Å². The molecule has 1 aromatic heterocycles. The smallest absolute Gasteiger partial charge is 0.267 e. The van der Waals surface area contributed by atoms with Crippen LogP contribution < -0.4 is 10.2 Å². The summed E-state index contributed by atoms with van der Waals surface area (Å²) in [6.45, 7) is 1.40. The molecule has 2 aromatic rings. The summed E-state index contributed by atoms with van der Waals surface area (Å²) in [6.07, 6.45) is 7.84. The molecule has 0 radical (unpaired) electrons. The highest BCUT2D eigenvalue weighted by Gasteiger charge is 2.23. The minimum absolute atomic E-state index is 0.0509. The van der Waals surface area contributed by atoms with Crippen molar-refractivity contribution in [3.05, 3.63) is 71.6 Å². The normalized spacial score (nSPS) is 16.7. The summed E-state index contributed by atoms with van der Waals surface area (Å²) in [5.74, 6) is 0.427. The Morgan fingerprint density at radius 1 is 1.17 bits per heavy atom. The van der Waals surface area contributed by atoms with Crippen LogP contribution in [-0.4, -0.2) is 47.1 Å². The summed E-state index contributed by atoms with van der Waals surface area (Å²) in [5.41, 5.74) is 3.86. The zero-order valence-electron chi connectivity index (χ0n) is 16.8. The summed E-state index contributed by atoms with van der Waals surface area (Å²) in [6, 6.07) is 13.3. The lowest BCUT2D eigenvalue weighted by Crippen LogP contribution is -2.38. The highest BCUT2D eigenvalue weighted by molar-refractivity contribution is 5.92. The molecule has 7 heteroatoms. The molecule has 1 unspecified atom stereocenters. The van der Waals surface area contributed by atoms with Crippen LogP contribution in [0.4, 0.5) is 0 Å². The molecule has 156 valence electrons. The molecule has 0 spiro atoms. The number of aromatic nitrogens is 1. The Bertz CT molecular complexity index is 955. The Morgan fingerprint density at radius 2 is 1.90 bits per heavy atom. The van der Waals surface area contributed by atoms with E-state index in [1.165, 1.54) is 29.3 Å². The van der Waals surface area contributed by atoms with Gasteiger partial charge in [-0.3, -0.25) is 14.8 Å². The number of rotatable bonds is 6. The second-order valence-electron chi connectivity index (χ2n) is 7.03. The molecular formula is C23H25N3O4. The van der Waals surface area contributed by atoms with Gasteiger partial charge in [0.05, 0.1) is 18.5 Å². The standard InChI is InChI=1S/C23H25N3O4/c1-30-21-9-2-5-17(15-21)18-6-4-14-26(16-18)23(28)13-11-20-8-3-7-19(24-20)10-12-22(27)25-29/h2-3,5,7-13,15,18,29H,4,6,14,16H2,1H3,(H,25,27)/b12-10+,13-11+. The van der Waals surface area contributed by atoms with Gasteiger partial charge in [0.2, 0.25) is 5.91 Å². The fraction of sp³-hybridized carbons (Fsp3) is 0.261. The number of amides is 2.